The highest BCUT2D eigenvalue weighted by Gasteiger charge is 2.11. The molecule has 0 aliphatic heterocycles. The van der Waals surface area contributed by atoms with Crippen LogP contribution < -0.4 is 4.57 Å². The standard InChI is InChI=1S/C17H12N2O4/c20-16(21)12-1-5-14(6-2-12)18-9-10-19(11-18)15-7-3-13(4-8-15)17(22)23/h1-11H,(H-,20,21,22,23)/p+1. The molecule has 3 aromatic rings. The number of rotatable bonds is 4. The van der Waals surface area contributed by atoms with E-state index in [1.165, 1.54) is 0 Å². The van der Waals surface area contributed by atoms with Crippen molar-refractivity contribution in [3.63, 3.8) is 0 Å². The molecule has 0 aliphatic rings. The van der Waals surface area contributed by atoms with E-state index in [1.807, 2.05) is 27.9 Å². The number of imidazole rings is 1. The topological polar surface area (TPSA) is 83.4 Å². The highest BCUT2D eigenvalue weighted by Crippen LogP contribution is 2.10. The second-order valence-electron chi connectivity index (χ2n) is 4.93. The van der Waals surface area contributed by atoms with Gasteiger partial charge < -0.3 is 10.2 Å². The largest absolute Gasteiger partial charge is 0.478 e. The van der Waals surface area contributed by atoms with E-state index in [0.29, 0.717) is 0 Å². The molecule has 114 valence electrons. The second kappa shape index (κ2) is 5.76. The minimum absolute atomic E-state index is 0.234. The van der Waals surface area contributed by atoms with Gasteiger partial charge in [-0.3, -0.25) is 0 Å². The predicted octanol–water partition coefficient (Wildman–Crippen LogP) is 2.15. The zero-order valence-corrected chi connectivity index (χ0v) is 12.0. The van der Waals surface area contributed by atoms with Gasteiger partial charge in [0.05, 0.1) is 11.1 Å². The van der Waals surface area contributed by atoms with E-state index in [1.54, 1.807) is 48.5 Å². The van der Waals surface area contributed by atoms with Gasteiger partial charge in [0.25, 0.3) is 6.33 Å². The highest BCUT2D eigenvalue weighted by molar-refractivity contribution is 5.88. The summed E-state index contributed by atoms with van der Waals surface area (Å²) in [6.45, 7) is 0. The van der Waals surface area contributed by atoms with Gasteiger partial charge in [0, 0.05) is 0 Å². The zero-order valence-electron chi connectivity index (χ0n) is 12.0. The number of aromatic nitrogens is 2. The number of hydrogen-bond donors (Lipinski definition) is 2. The van der Waals surface area contributed by atoms with Gasteiger partial charge in [-0.1, -0.05) is 0 Å². The fraction of sp³-hybridized carbons (Fsp3) is 0. The summed E-state index contributed by atoms with van der Waals surface area (Å²) >= 11 is 0. The van der Waals surface area contributed by atoms with Gasteiger partial charge in [-0.15, -0.1) is 0 Å². The van der Waals surface area contributed by atoms with Crippen LogP contribution in [0.3, 0.4) is 0 Å². The Morgan fingerprint density at radius 2 is 1.35 bits per heavy atom. The van der Waals surface area contributed by atoms with Crippen LogP contribution in [-0.2, 0) is 0 Å². The molecule has 0 spiro atoms. The number of carboxylic acid groups (broad SMARTS) is 2. The van der Waals surface area contributed by atoms with Crippen LogP contribution in [0.4, 0.5) is 0 Å². The summed E-state index contributed by atoms with van der Waals surface area (Å²) in [7, 11) is 0. The van der Waals surface area contributed by atoms with Gasteiger partial charge in [0.1, 0.15) is 23.8 Å². The first kappa shape index (κ1) is 14.5. The van der Waals surface area contributed by atoms with E-state index in [2.05, 4.69) is 0 Å². The fourth-order valence-corrected chi connectivity index (χ4v) is 2.21. The third-order valence-corrected chi connectivity index (χ3v) is 3.46. The first-order valence-electron chi connectivity index (χ1n) is 6.81. The van der Waals surface area contributed by atoms with E-state index in [9.17, 15) is 9.59 Å². The van der Waals surface area contributed by atoms with Gasteiger partial charge in [0.2, 0.25) is 0 Å². The van der Waals surface area contributed by atoms with Crippen LogP contribution in [0.1, 0.15) is 20.7 Å². The zero-order chi connectivity index (χ0) is 16.4. The van der Waals surface area contributed by atoms with Gasteiger partial charge in [0.15, 0.2) is 0 Å². The summed E-state index contributed by atoms with van der Waals surface area (Å²) in [5.41, 5.74) is 2.13. The number of carbonyl (C=O) groups is 2. The van der Waals surface area contributed by atoms with Crippen LogP contribution in [0.15, 0.2) is 67.3 Å². The number of carboxylic acids is 2. The van der Waals surface area contributed by atoms with Crippen molar-refractivity contribution in [3.8, 4) is 11.4 Å². The molecule has 6 nitrogen and oxygen atoms in total. The molecule has 0 unspecified atom stereocenters. The minimum Gasteiger partial charge on any atom is -0.478 e. The molecule has 0 radical (unpaired) electrons. The van der Waals surface area contributed by atoms with E-state index in [-0.39, 0.29) is 11.1 Å². The number of aromatic carboxylic acids is 2. The smallest absolute Gasteiger partial charge is 0.335 e. The summed E-state index contributed by atoms with van der Waals surface area (Å²) in [4.78, 5) is 21.7. The third kappa shape index (κ3) is 2.96. The van der Waals surface area contributed by atoms with Crippen LogP contribution in [0.5, 0.6) is 0 Å². The molecule has 0 saturated carbocycles. The second-order valence-corrected chi connectivity index (χ2v) is 4.93. The molecule has 0 amide bonds. The van der Waals surface area contributed by atoms with Crippen LogP contribution in [0.25, 0.3) is 11.4 Å². The monoisotopic (exact) mass is 309 g/mol. The Hall–Kier alpha value is -3.41. The Bertz CT molecular complexity index is 792. The molecule has 23 heavy (non-hydrogen) atoms. The molecule has 0 fully saturated rings. The van der Waals surface area contributed by atoms with Gasteiger partial charge in [-0.25, -0.2) is 18.7 Å². The van der Waals surface area contributed by atoms with Crippen molar-refractivity contribution in [2.24, 2.45) is 0 Å². The predicted molar refractivity (Wildman–Crippen MR) is 81.2 cm³/mol. The van der Waals surface area contributed by atoms with Crippen LogP contribution in [0, 0.1) is 0 Å². The molecule has 1 aromatic heterocycles. The maximum absolute atomic E-state index is 10.9. The molecule has 0 bridgehead atoms. The quantitative estimate of drug-likeness (QED) is 0.723. The van der Waals surface area contributed by atoms with Crippen molar-refractivity contribution in [1.82, 2.24) is 4.57 Å². The lowest BCUT2D eigenvalue weighted by Crippen LogP contribution is -2.27. The molecular formula is C17H13N2O4+. The average Bonchev–Trinajstić information content (AvgIpc) is 3.05. The van der Waals surface area contributed by atoms with E-state index >= 15 is 0 Å². The molecule has 1 heterocycles. The van der Waals surface area contributed by atoms with E-state index < -0.39 is 11.9 Å². The fourth-order valence-electron chi connectivity index (χ4n) is 2.21. The van der Waals surface area contributed by atoms with Gasteiger partial charge >= 0.3 is 11.9 Å². The molecule has 0 aliphatic carbocycles. The summed E-state index contributed by atoms with van der Waals surface area (Å²) in [6.07, 6.45) is 5.49. The molecule has 0 atom stereocenters. The summed E-state index contributed by atoms with van der Waals surface area (Å²) in [5, 5.41) is 17.8. The van der Waals surface area contributed by atoms with Crippen LogP contribution in [-0.4, -0.2) is 26.7 Å². The lowest BCUT2D eigenvalue weighted by Gasteiger charge is -1.98. The summed E-state index contributed by atoms with van der Waals surface area (Å²) in [6, 6.07) is 13.1. The lowest BCUT2D eigenvalue weighted by atomic mass is 10.2. The van der Waals surface area contributed by atoms with Crippen LogP contribution >= 0.6 is 0 Å². The van der Waals surface area contributed by atoms with Crippen molar-refractivity contribution in [3.05, 3.63) is 78.4 Å². The van der Waals surface area contributed by atoms with E-state index in [4.69, 9.17) is 10.2 Å². The first-order chi connectivity index (χ1) is 11.0. The number of hydrogen-bond acceptors (Lipinski definition) is 2. The van der Waals surface area contributed by atoms with Crippen molar-refractivity contribution < 1.29 is 24.4 Å². The Morgan fingerprint density at radius 3 is 1.87 bits per heavy atom. The summed E-state index contributed by atoms with van der Waals surface area (Å²) in [5.74, 6) is -1.92. The molecule has 2 N–H and O–H groups in total. The highest BCUT2D eigenvalue weighted by atomic mass is 16.4. The Balaban J connectivity index is 1.87. The summed E-state index contributed by atoms with van der Waals surface area (Å²) < 4.78 is 3.69. The minimum atomic E-state index is -0.961. The maximum Gasteiger partial charge on any atom is 0.335 e. The Kier molecular flexibility index (Phi) is 3.64. The molecule has 2 aromatic carbocycles. The third-order valence-electron chi connectivity index (χ3n) is 3.46. The van der Waals surface area contributed by atoms with Crippen molar-refractivity contribution in [2.75, 3.05) is 0 Å². The van der Waals surface area contributed by atoms with Crippen molar-refractivity contribution in [2.45, 2.75) is 0 Å². The van der Waals surface area contributed by atoms with Crippen LogP contribution in [0.2, 0.25) is 0 Å². The molecule has 3 rings (SSSR count). The van der Waals surface area contributed by atoms with Crippen molar-refractivity contribution in [1.29, 1.82) is 0 Å². The Morgan fingerprint density at radius 1 is 0.826 bits per heavy atom. The first-order valence-corrected chi connectivity index (χ1v) is 6.81. The molecular weight excluding hydrogens is 296 g/mol. The lowest BCUT2D eigenvalue weighted by molar-refractivity contribution is -0.594. The molecule has 0 saturated heterocycles. The molecule has 6 heteroatoms. The average molecular weight is 309 g/mol. The van der Waals surface area contributed by atoms with E-state index in [0.717, 1.165) is 11.4 Å². The van der Waals surface area contributed by atoms with Gasteiger partial charge in [-0.2, -0.15) is 0 Å². The Labute approximate surface area is 131 Å². The normalized spacial score (nSPS) is 10.4. The van der Waals surface area contributed by atoms with Gasteiger partial charge in [-0.05, 0) is 48.5 Å². The van der Waals surface area contributed by atoms with Crippen molar-refractivity contribution >= 4 is 11.9 Å². The maximum atomic E-state index is 10.9. The number of nitrogens with zero attached hydrogens (tertiary/aromatic N) is 2. The number of benzene rings is 2. The SMILES string of the molecule is O=C(O)c1ccc(-n2cc[n+](-c3ccc(C(=O)O)cc3)c2)cc1.